The molecule has 0 amide bonds. The summed E-state index contributed by atoms with van der Waals surface area (Å²) >= 11 is 21.5. The Hall–Kier alpha value is -1.39. The average Bonchev–Trinajstić information content (AvgIpc) is 2.63. The Kier molecular flexibility index (Phi) is 6.71. The minimum atomic E-state index is 0.471. The molecular formula is C20H15BrCl3NO. The average molecular weight is 472 g/mol. The molecular weight excluding hydrogens is 456 g/mol. The van der Waals surface area contributed by atoms with Crippen molar-refractivity contribution in [1.82, 2.24) is 0 Å². The van der Waals surface area contributed by atoms with Gasteiger partial charge in [0.15, 0.2) is 0 Å². The molecule has 0 saturated carbocycles. The van der Waals surface area contributed by atoms with E-state index >= 15 is 0 Å². The van der Waals surface area contributed by atoms with Crippen molar-refractivity contribution < 1.29 is 4.74 Å². The molecule has 0 aliphatic carbocycles. The Balaban J connectivity index is 1.70. The van der Waals surface area contributed by atoms with Gasteiger partial charge in [0.1, 0.15) is 12.4 Å². The first-order chi connectivity index (χ1) is 12.5. The fraction of sp³-hybridized carbons (Fsp3) is 0.100. The van der Waals surface area contributed by atoms with Crippen molar-refractivity contribution in [3.05, 3.63) is 91.3 Å². The molecule has 26 heavy (non-hydrogen) atoms. The summed E-state index contributed by atoms with van der Waals surface area (Å²) in [4.78, 5) is 0. The number of benzene rings is 3. The van der Waals surface area contributed by atoms with Crippen LogP contribution in [0.4, 0.5) is 5.69 Å². The zero-order valence-corrected chi connectivity index (χ0v) is 17.5. The van der Waals surface area contributed by atoms with Crippen LogP contribution >= 0.6 is 50.7 Å². The van der Waals surface area contributed by atoms with E-state index in [9.17, 15) is 0 Å². The number of halogens is 4. The van der Waals surface area contributed by atoms with Crippen molar-refractivity contribution in [2.45, 2.75) is 13.2 Å². The maximum absolute atomic E-state index is 6.07. The molecule has 0 heterocycles. The van der Waals surface area contributed by atoms with Gasteiger partial charge in [0.2, 0.25) is 0 Å². The molecule has 0 atom stereocenters. The molecule has 134 valence electrons. The predicted molar refractivity (Wildman–Crippen MR) is 114 cm³/mol. The van der Waals surface area contributed by atoms with Crippen LogP contribution < -0.4 is 10.1 Å². The number of ether oxygens (including phenoxy) is 1. The molecule has 0 aliphatic heterocycles. The summed E-state index contributed by atoms with van der Waals surface area (Å²) in [5.74, 6) is 0.815. The Morgan fingerprint density at radius 1 is 0.846 bits per heavy atom. The van der Waals surface area contributed by atoms with E-state index in [-0.39, 0.29) is 0 Å². The fourth-order valence-electron chi connectivity index (χ4n) is 2.37. The summed E-state index contributed by atoms with van der Waals surface area (Å²) in [6, 6.07) is 19.0. The number of nitrogens with one attached hydrogen (secondary N) is 1. The van der Waals surface area contributed by atoms with Gasteiger partial charge in [-0.2, -0.15) is 0 Å². The molecule has 3 aromatic carbocycles. The topological polar surface area (TPSA) is 21.3 Å². The van der Waals surface area contributed by atoms with Crippen LogP contribution in [0.1, 0.15) is 11.1 Å². The first kappa shape index (κ1) is 19.4. The molecule has 2 nitrogen and oxygen atoms in total. The van der Waals surface area contributed by atoms with Crippen LogP contribution in [0.15, 0.2) is 65.1 Å². The van der Waals surface area contributed by atoms with Crippen LogP contribution in [0.5, 0.6) is 5.75 Å². The smallest absolute Gasteiger partial charge is 0.124 e. The van der Waals surface area contributed by atoms with Gasteiger partial charge in [0.25, 0.3) is 0 Å². The largest absolute Gasteiger partial charge is 0.489 e. The van der Waals surface area contributed by atoms with E-state index in [0.717, 1.165) is 27.0 Å². The van der Waals surface area contributed by atoms with Crippen molar-refractivity contribution in [2.75, 3.05) is 5.32 Å². The standard InChI is InChI=1S/C20H15BrCl3NO/c21-15-3-8-20(26-12-13-1-4-16(22)5-2-13)14(9-15)11-25-17-6-7-18(23)19(24)10-17/h1-10,25H,11-12H2. The molecule has 0 unspecified atom stereocenters. The summed E-state index contributed by atoms with van der Waals surface area (Å²) in [7, 11) is 0. The Morgan fingerprint density at radius 2 is 1.62 bits per heavy atom. The van der Waals surface area contributed by atoms with Crippen LogP contribution in [0, 0.1) is 0 Å². The summed E-state index contributed by atoms with van der Waals surface area (Å²) in [5, 5.41) is 5.11. The van der Waals surface area contributed by atoms with Crippen molar-refractivity contribution in [1.29, 1.82) is 0 Å². The normalized spacial score (nSPS) is 10.6. The maximum atomic E-state index is 6.07. The van der Waals surface area contributed by atoms with Gasteiger partial charge in [0.05, 0.1) is 10.0 Å². The molecule has 3 rings (SSSR count). The van der Waals surface area contributed by atoms with E-state index in [1.165, 1.54) is 0 Å². The van der Waals surface area contributed by atoms with E-state index in [2.05, 4.69) is 21.2 Å². The summed E-state index contributed by atoms with van der Waals surface area (Å²) in [5.41, 5.74) is 2.98. The van der Waals surface area contributed by atoms with Crippen molar-refractivity contribution in [3.8, 4) is 5.75 Å². The van der Waals surface area contributed by atoms with Gasteiger partial charge in [-0.1, -0.05) is 62.9 Å². The lowest BCUT2D eigenvalue weighted by atomic mass is 10.2. The van der Waals surface area contributed by atoms with Crippen LogP contribution in [-0.2, 0) is 13.2 Å². The molecule has 0 aromatic heterocycles. The van der Waals surface area contributed by atoms with Gasteiger partial charge in [0, 0.05) is 27.3 Å². The molecule has 1 N–H and O–H groups in total. The second kappa shape index (κ2) is 9.01. The second-order valence-electron chi connectivity index (χ2n) is 5.65. The zero-order valence-electron chi connectivity index (χ0n) is 13.6. The maximum Gasteiger partial charge on any atom is 0.124 e. The van der Waals surface area contributed by atoms with Crippen molar-refractivity contribution in [3.63, 3.8) is 0 Å². The zero-order chi connectivity index (χ0) is 18.5. The summed E-state index contributed by atoms with van der Waals surface area (Å²) in [6.07, 6.45) is 0. The highest BCUT2D eigenvalue weighted by atomic mass is 79.9. The molecule has 6 heteroatoms. The molecule has 0 spiro atoms. The minimum Gasteiger partial charge on any atom is -0.489 e. The highest BCUT2D eigenvalue weighted by molar-refractivity contribution is 9.10. The molecule has 0 saturated heterocycles. The van der Waals surface area contributed by atoms with E-state index in [0.29, 0.717) is 28.2 Å². The van der Waals surface area contributed by atoms with Gasteiger partial charge in [-0.3, -0.25) is 0 Å². The lowest BCUT2D eigenvalue weighted by molar-refractivity contribution is 0.303. The fourth-order valence-corrected chi connectivity index (χ4v) is 3.20. The van der Waals surface area contributed by atoms with E-state index < -0.39 is 0 Å². The Morgan fingerprint density at radius 3 is 2.35 bits per heavy atom. The third-order valence-corrected chi connectivity index (χ3v) is 5.22. The Bertz CT molecular complexity index is 900. The monoisotopic (exact) mass is 469 g/mol. The minimum absolute atomic E-state index is 0.471. The lowest BCUT2D eigenvalue weighted by Crippen LogP contribution is -2.04. The van der Waals surface area contributed by atoms with Gasteiger partial charge < -0.3 is 10.1 Å². The number of rotatable bonds is 6. The molecule has 0 radical (unpaired) electrons. The van der Waals surface area contributed by atoms with Gasteiger partial charge in [-0.25, -0.2) is 0 Å². The third-order valence-electron chi connectivity index (χ3n) is 3.73. The SMILES string of the molecule is Clc1ccc(COc2ccc(Br)cc2CNc2ccc(Cl)c(Cl)c2)cc1. The Labute approximate surface area is 176 Å². The number of anilines is 1. The molecule has 3 aromatic rings. The van der Waals surface area contributed by atoms with E-state index in [1.807, 2.05) is 48.5 Å². The van der Waals surface area contributed by atoms with E-state index in [1.54, 1.807) is 12.1 Å². The summed E-state index contributed by atoms with van der Waals surface area (Å²) < 4.78 is 6.99. The van der Waals surface area contributed by atoms with E-state index in [4.69, 9.17) is 39.5 Å². The number of hydrogen-bond donors (Lipinski definition) is 1. The van der Waals surface area contributed by atoms with Gasteiger partial charge >= 0.3 is 0 Å². The van der Waals surface area contributed by atoms with Crippen LogP contribution in [0.25, 0.3) is 0 Å². The lowest BCUT2D eigenvalue weighted by Gasteiger charge is -2.14. The third kappa shape index (κ3) is 5.31. The molecule has 0 aliphatic rings. The van der Waals surface area contributed by atoms with Crippen molar-refractivity contribution >= 4 is 56.4 Å². The highest BCUT2D eigenvalue weighted by Gasteiger charge is 2.07. The van der Waals surface area contributed by atoms with Gasteiger partial charge in [-0.15, -0.1) is 0 Å². The quantitative estimate of drug-likeness (QED) is 0.400. The first-order valence-electron chi connectivity index (χ1n) is 7.86. The van der Waals surface area contributed by atoms with Crippen LogP contribution in [0.3, 0.4) is 0 Å². The van der Waals surface area contributed by atoms with Gasteiger partial charge in [-0.05, 0) is 54.1 Å². The first-order valence-corrected chi connectivity index (χ1v) is 9.78. The predicted octanol–water partition coefficient (Wildman–Crippen LogP) is 7.60. The number of hydrogen-bond acceptors (Lipinski definition) is 2. The van der Waals surface area contributed by atoms with Crippen LogP contribution in [-0.4, -0.2) is 0 Å². The molecule has 0 fully saturated rings. The van der Waals surface area contributed by atoms with Crippen LogP contribution in [0.2, 0.25) is 15.1 Å². The summed E-state index contributed by atoms with van der Waals surface area (Å²) in [6.45, 7) is 1.06. The second-order valence-corrected chi connectivity index (χ2v) is 7.82. The van der Waals surface area contributed by atoms with Crippen molar-refractivity contribution in [2.24, 2.45) is 0 Å². The molecule has 0 bridgehead atoms. The highest BCUT2D eigenvalue weighted by Crippen LogP contribution is 2.28.